The fourth-order valence-corrected chi connectivity index (χ4v) is 3.93. The van der Waals surface area contributed by atoms with Gasteiger partial charge >= 0.3 is 0 Å². The first-order chi connectivity index (χ1) is 11.1. The quantitative estimate of drug-likeness (QED) is 0.885. The number of H-pyrrole nitrogens is 1. The predicted molar refractivity (Wildman–Crippen MR) is 97.3 cm³/mol. The Kier molecular flexibility index (Phi) is 5.08. The fourth-order valence-electron chi connectivity index (χ4n) is 3.76. The number of aromatic nitrogens is 1. The van der Waals surface area contributed by atoms with E-state index in [-0.39, 0.29) is 5.43 Å². The summed E-state index contributed by atoms with van der Waals surface area (Å²) in [5.41, 5.74) is 2.83. The molecule has 4 heteroatoms. The lowest BCUT2D eigenvalue weighted by Crippen LogP contribution is -2.37. The van der Waals surface area contributed by atoms with E-state index in [0.29, 0.717) is 16.5 Å². The van der Waals surface area contributed by atoms with Crippen molar-refractivity contribution in [1.82, 2.24) is 9.88 Å². The summed E-state index contributed by atoms with van der Waals surface area (Å²) in [6, 6.07) is 6.09. The molecule has 1 aliphatic carbocycles. The van der Waals surface area contributed by atoms with Crippen LogP contribution in [0.15, 0.2) is 23.0 Å². The molecule has 23 heavy (non-hydrogen) atoms. The van der Waals surface area contributed by atoms with Gasteiger partial charge in [-0.25, -0.2) is 0 Å². The smallest absolute Gasteiger partial charge is 0.194 e. The van der Waals surface area contributed by atoms with E-state index in [9.17, 15) is 4.79 Å². The van der Waals surface area contributed by atoms with Gasteiger partial charge in [0.25, 0.3) is 0 Å². The van der Waals surface area contributed by atoms with E-state index in [0.717, 1.165) is 29.9 Å². The van der Waals surface area contributed by atoms with Crippen molar-refractivity contribution >= 4 is 22.5 Å². The average Bonchev–Trinajstić information content (AvgIpc) is 2.57. The molecule has 3 nitrogen and oxygen atoms in total. The summed E-state index contributed by atoms with van der Waals surface area (Å²) in [6.45, 7) is 5.90. The van der Waals surface area contributed by atoms with Gasteiger partial charge in [0.15, 0.2) is 5.43 Å². The van der Waals surface area contributed by atoms with Gasteiger partial charge in [0.05, 0.1) is 0 Å². The van der Waals surface area contributed by atoms with Crippen LogP contribution in [0.25, 0.3) is 10.9 Å². The van der Waals surface area contributed by atoms with Gasteiger partial charge in [-0.1, -0.05) is 37.8 Å². The van der Waals surface area contributed by atoms with Crippen LogP contribution in [0.2, 0.25) is 5.02 Å². The zero-order valence-electron chi connectivity index (χ0n) is 14.0. The second-order valence-corrected chi connectivity index (χ2v) is 7.04. The number of halogens is 1. The highest BCUT2D eigenvalue weighted by Crippen LogP contribution is 2.24. The van der Waals surface area contributed by atoms with Crippen molar-refractivity contribution in [1.29, 1.82) is 0 Å². The number of aromatic amines is 1. The summed E-state index contributed by atoms with van der Waals surface area (Å²) in [4.78, 5) is 18.8. The van der Waals surface area contributed by atoms with Crippen LogP contribution < -0.4 is 5.43 Å². The Morgan fingerprint density at radius 3 is 2.70 bits per heavy atom. The fraction of sp³-hybridized carbons (Fsp3) is 0.526. The number of nitrogens with one attached hydrogen (secondary N) is 1. The minimum absolute atomic E-state index is 0.119. The van der Waals surface area contributed by atoms with E-state index in [2.05, 4.69) is 16.8 Å². The molecule has 0 unspecified atom stereocenters. The maximum Gasteiger partial charge on any atom is 0.194 e. The van der Waals surface area contributed by atoms with E-state index in [1.165, 1.54) is 32.1 Å². The molecule has 0 aliphatic heterocycles. The van der Waals surface area contributed by atoms with Gasteiger partial charge in [-0.15, -0.1) is 0 Å². The molecule has 2 aromatic rings. The highest BCUT2D eigenvalue weighted by atomic mass is 35.5. The number of fused-ring (bicyclic) bond motifs is 1. The van der Waals surface area contributed by atoms with Gasteiger partial charge < -0.3 is 4.98 Å². The van der Waals surface area contributed by atoms with E-state index in [4.69, 9.17) is 11.6 Å². The van der Waals surface area contributed by atoms with Gasteiger partial charge in [0.2, 0.25) is 0 Å². The van der Waals surface area contributed by atoms with Crippen LogP contribution in [0.5, 0.6) is 0 Å². The minimum Gasteiger partial charge on any atom is -0.358 e. The number of hydrogen-bond acceptors (Lipinski definition) is 2. The minimum atomic E-state index is 0.119. The number of aryl methyl sites for hydroxylation is 1. The van der Waals surface area contributed by atoms with Gasteiger partial charge in [-0.2, -0.15) is 0 Å². The summed E-state index contributed by atoms with van der Waals surface area (Å²) < 4.78 is 0. The second kappa shape index (κ2) is 7.06. The monoisotopic (exact) mass is 332 g/mol. The molecule has 1 heterocycles. The Bertz CT molecular complexity index is 747. The van der Waals surface area contributed by atoms with Crippen molar-refractivity contribution in [2.45, 2.75) is 58.5 Å². The molecule has 1 N–H and O–H groups in total. The van der Waals surface area contributed by atoms with Crippen molar-refractivity contribution in [2.75, 3.05) is 6.54 Å². The van der Waals surface area contributed by atoms with E-state index >= 15 is 0 Å². The van der Waals surface area contributed by atoms with E-state index < -0.39 is 0 Å². The molecular formula is C19H25ClN2O. The molecule has 1 aliphatic rings. The van der Waals surface area contributed by atoms with Crippen LogP contribution in [0.3, 0.4) is 0 Å². The largest absolute Gasteiger partial charge is 0.358 e. The number of rotatable bonds is 4. The van der Waals surface area contributed by atoms with Crippen molar-refractivity contribution in [2.24, 2.45) is 0 Å². The van der Waals surface area contributed by atoms with Crippen molar-refractivity contribution < 1.29 is 0 Å². The lowest BCUT2D eigenvalue weighted by atomic mass is 9.93. The Hall–Kier alpha value is -1.32. The number of pyridine rings is 1. The Balaban J connectivity index is 1.96. The lowest BCUT2D eigenvalue weighted by molar-refractivity contribution is 0.155. The summed E-state index contributed by atoms with van der Waals surface area (Å²) >= 11 is 6.07. The maximum absolute atomic E-state index is 12.9. The van der Waals surface area contributed by atoms with Crippen LogP contribution in [0, 0.1) is 6.92 Å². The zero-order valence-corrected chi connectivity index (χ0v) is 14.7. The highest BCUT2D eigenvalue weighted by Gasteiger charge is 2.22. The molecule has 1 aromatic carbocycles. The first-order valence-corrected chi connectivity index (χ1v) is 9.03. The third kappa shape index (κ3) is 3.46. The molecule has 124 valence electrons. The van der Waals surface area contributed by atoms with E-state index in [1.807, 2.05) is 19.1 Å². The summed E-state index contributed by atoms with van der Waals surface area (Å²) in [5.74, 6) is 0. The Morgan fingerprint density at radius 1 is 1.26 bits per heavy atom. The third-order valence-electron chi connectivity index (χ3n) is 5.13. The van der Waals surface area contributed by atoms with Crippen LogP contribution in [-0.2, 0) is 6.54 Å². The molecule has 0 radical (unpaired) electrons. The molecule has 0 bridgehead atoms. The van der Waals surface area contributed by atoms with Crippen LogP contribution in [0.4, 0.5) is 0 Å². The normalized spacial score (nSPS) is 16.3. The molecule has 1 fully saturated rings. The summed E-state index contributed by atoms with van der Waals surface area (Å²) in [6.07, 6.45) is 6.48. The van der Waals surface area contributed by atoms with Crippen LogP contribution in [0.1, 0.15) is 50.3 Å². The summed E-state index contributed by atoms with van der Waals surface area (Å²) in [5, 5.41) is 1.30. The topological polar surface area (TPSA) is 36.1 Å². The van der Waals surface area contributed by atoms with Crippen LogP contribution >= 0.6 is 11.6 Å². The molecule has 0 saturated heterocycles. The molecule has 0 atom stereocenters. The SMILES string of the molecule is CCN(Cc1c(C)[nH]c2ccc(Cl)cc2c1=O)C1CCCCC1. The maximum atomic E-state index is 12.9. The first kappa shape index (κ1) is 16.5. The Labute approximate surface area is 142 Å². The second-order valence-electron chi connectivity index (χ2n) is 6.60. The van der Waals surface area contributed by atoms with Crippen LogP contribution in [-0.4, -0.2) is 22.5 Å². The molecular weight excluding hydrogens is 308 g/mol. The first-order valence-electron chi connectivity index (χ1n) is 8.65. The van der Waals surface area contributed by atoms with Gasteiger partial charge in [-0.3, -0.25) is 9.69 Å². The molecule has 0 spiro atoms. The van der Waals surface area contributed by atoms with Gasteiger partial charge in [0, 0.05) is 39.8 Å². The molecule has 1 aromatic heterocycles. The number of hydrogen-bond donors (Lipinski definition) is 1. The standard InChI is InChI=1S/C19H25ClN2O/c1-3-22(15-7-5-4-6-8-15)12-17-13(2)21-18-10-9-14(20)11-16(18)19(17)23/h9-11,15H,3-8,12H2,1-2H3,(H,21,23). The Morgan fingerprint density at radius 2 is 2.00 bits per heavy atom. The van der Waals surface area contributed by atoms with Gasteiger partial charge in [-0.05, 0) is 44.5 Å². The zero-order chi connectivity index (χ0) is 16.4. The average molecular weight is 333 g/mol. The molecule has 1 saturated carbocycles. The third-order valence-corrected chi connectivity index (χ3v) is 5.37. The number of benzene rings is 1. The van der Waals surface area contributed by atoms with E-state index in [1.54, 1.807) is 6.07 Å². The highest BCUT2D eigenvalue weighted by molar-refractivity contribution is 6.31. The van der Waals surface area contributed by atoms with Crippen molar-refractivity contribution in [3.8, 4) is 0 Å². The van der Waals surface area contributed by atoms with Crippen molar-refractivity contribution in [3.63, 3.8) is 0 Å². The van der Waals surface area contributed by atoms with Crippen molar-refractivity contribution in [3.05, 3.63) is 44.7 Å². The molecule has 0 amide bonds. The van der Waals surface area contributed by atoms with Gasteiger partial charge in [0.1, 0.15) is 0 Å². The lowest BCUT2D eigenvalue weighted by Gasteiger charge is -2.33. The molecule has 3 rings (SSSR count). The number of nitrogens with zero attached hydrogens (tertiary/aromatic N) is 1. The predicted octanol–water partition coefficient (Wildman–Crippen LogP) is 4.64. The summed E-state index contributed by atoms with van der Waals surface area (Å²) in [7, 11) is 0.